The number of hydrogen-bond acceptors (Lipinski definition) is 6. The predicted molar refractivity (Wildman–Crippen MR) is 220 cm³/mol. The summed E-state index contributed by atoms with van der Waals surface area (Å²) in [4.78, 5) is 27.1. The van der Waals surface area contributed by atoms with E-state index in [9.17, 15) is 19.8 Å². The van der Waals surface area contributed by atoms with Crippen molar-refractivity contribution >= 4 is 17.1 Å². The molecule has 2 aromatic rings. The molecule has 6 heteroatoms. The Kier molecular flexibility index (Phi) is 13.2. The number of allylic oxidation sites excluding steroid dienone is 13. The van der Waals surface area contributed by atoms with Gasteiger partial charge in [-0.1, -0.05) is 57.7 Å². The summed E-state index contributed by atoms with van der Waals surface area (Å²) < 4.78 is 13.3. The van der Waals surface area contributed by atoms with Gasteiger partial charge in [-0.3, -0.25) is 9.59 Å². The lowest BCUT2D eigenvalue weighted by Gasteiger charge is -2.35. The molecule has 2 heterocycles. The van der Waals surface area contributed by atoms with Gasteiger partial charge in [-0.2, -0.15) is 0 Å². The molecule has 1 aliphatic carbocycles. The third kappa shape index (κ3) is 9.71. The van der Waals surface area contributed by atoms with Crippen LogP contribution in [-0.4, -0.2) is 27.9 Å². The summed E-state index contributed by atoms with van der Waals surface area (Å²) in [7, 11) is 0. The maximum absolute atomic E-state index is 13.6. The second-order valence-electron chi connectivity index (χ2n) is 15.5. The number of phenols is 2. The molecule has 0 aromatic heterocycles. The lowest BCUT2D eigenvalue weighted by molar-refractivity contribution is -0.114. The minimum Gasteiger partial charge on any atom is -0.508 e. The molecule has 2 aliphatic heterocycles. The first-order valence-corrected chi connectivity index (χ1v) is 19.2. The molecule has 2 atom stereocenters. The summed E-state index contributed by atoms with van der Waals surface area (Å²) >= 11 is 0. The number of fused-ring (bicyclic) bond motifs is 6. The summed E-state index contributed by atoms with van der Waals surface area (Å²) in [5.74, 6) is 0.222. The van der Waals surface area contributed by atoms with Crippen molar-refractivity contribution in [2.45, 2.75) is 119 Å². The zero-order valence-corrected chi connectivity index (χ0v) is 33.3. The van der Waals surface area contributed by atoms with Crippen LogP contribution in [0.25, 0.3) is 16.7 Å². The van der Waals surface area contributed by atoms with Gasteiger partial charge < -0.3 is 19.7 Å². The maximum atomic E-state index is 13.6. The molecule has 6 nitrogen and oxygen atoms in total. The Balaban J connectivity index is 1.52. The van der Waals surface area contributed by atoms with Crippen LogP contribution in [0.3, 0.4) is 0 Å². The van der Waals surface area contributed by atoms with Gasteiger partial charge >= 0.3 is 0 Å². The van der Waals surface area contributed by atoms with E-state index in [2.05, 4.69) is 72.8 Å². The zero-order valence-electron chi connectivity index (χ0n) is 33.3. The molecule has 3 aliphatic rings. The number of ether oxygens (including phenoxy) is 2. The Morgan fingerprint density at radius 2 is 1.17 bits per heavy atom. The quantitative estimate of drug-likeness (QED) is 0.149. The molecule has 0 amide bonds. The number of carbonyl (C=O) groups excluding carboxylic acids is 2. The van der Waals surface area contributed by atoms with E-state index < -0.39 is 12.2 Å². The van der Waals surface area contributed by atoms with Gasteiger partial charge in [-0.15, -0.1) is 0 Å². The van der Waals surface area contributed by atoms with Gasteiger partial charge in [0.15, 0.2) is 11.6 Å². The SMILES string of the molecule is CC(C)=CCC/C(C)=C/CC/C(C)=C/C1Oc2c(cc(O)c3c2-c2cc(O)ccc2OC3/C=C(\C)CC/C=C(\C)CCC=C(C)C)C2=C1C(=O)C=CC2=O. The summed E-state index contributed by atoms with van der Waals surface area (Å²) in [6.07, 6.45) is 21.5. The van der Waals surface area contributed by atoms with Crippen molar-refractivity contribution in [1.29, 1.82) is 0 Å². The fraction of sp³-hybridized carbons (Fsp3) is 0.375. The smallest absolute Gasteiger partial charge is 0.187 e. The summed E-state index contributed by atoms with van der Waals surface area (Å²) in [5, 5.41) is 22.4. The average Bonchev–Trinajstić information content (AvgIpc) is 3.09. The monoisotopic (exact) mass is 728 g/mol. The van der Waals surface area contributed by atoms with Crippen molar-refractivity contribution in [3.63, 3.8) is 0 Å². The first kappa shape index (κ1) is 40.1. The third-order valence-corrected chi connectivity index (χ3v) is 10.2. The fourth-order valence-electron chi connectivity index (χ4n) is 7.26. The average molecular weight is 729 g/mol. The van der Waals surface area contributed by atoms with Gasteiger partial charge in [0.05, 0.1) is 5.57 Å². The second kappa shape index (κ2) is 17.8. The van der Waals surface area contributed by atoms with E-state index in [0.717, 1.165) is 62.5 Å². The van der Waals surface area contributed by atoms with Crippen LogP contribution in [0.4, 0.5) is 0 Å². The van der Waals surface area contributed by atoms with Crippen LogP contribution in [-0.2, 0) is 9.59 Å². The highest BCUT2D eigenvalue weighted by Crippen LogP contribution is 2.56. The number of phenolic OH excluding ortho intramolecular Hbond substituents is 2. The second-order valence-corrected chi connectivity index (χ2v) is 15.5. The fourth-order valence-corrected chi connectivity index (χ4v) is 7.26. The molecule has 2 unspecified atom stereocenters. The van der Waals surface area contributed by atoms with Gasteiger partial charge in [-0.05, 0) is 155 Å². The van der Waals surface area contributed by atoms with E-state index >= 15 is 0 Å². The summed E-state index contributed by atoms with van der Waals surface area (Å²) in [6, 6.07) is 6.39. The minimum atomic E-state index is -0.823. The van der Waals surface area contributed by atoms with Gasteiger partial charge in [0, 0.05) is 27.8 Å². The van der Waals surface area contributed by atoms with Crippen molar-refractivity contribution in [3.8, 4) is 34.1 Å². The Morgan fingerprint density at radius 3 is 1.76 bits per heavy atom. The largest absolute Gasteiger partial charge is 0.508 e. The number of ketones is 2. The molecule has 0 spiro atoms. The molecular weight excluding hydrogens is 673 g/mol. The molecule has 284 valence electrons. The molecule has 0 bridgehead atoms. The predicted octanol–water partition coefficient (Wildman–Crippen LogP) is 12.3. The topological polar surface area (TPSA) is 93.1 Å². The molecule has 2 N–H and O–H groups in total. The van der Waals surface area contributed by atoms with Crippen molar-refractivity contribution in [3.05, 3.63) is 123 Å². The van der Waals surface area contributed by atoms with Crippen LogP contribution >= 0.6 is 0 Å². The van der Waals surface area contributed by atoms with E-state index in [4.69, 9.17) is 9.47 Å². The van der Waals surface area contributed by atoms with Crippen LogP contribution in [0.2, 0.25) is 0 Å². The minimum absolute atomic E-state index is 0.0244. The van der Waals surface area contributed by atoms with Crippen molar-refractivity contribution < 1.29 is 29.3 Å². The van der Waals surface area contributed by atoms with Gasteiger partial charge in [0.1, 0.15) is 35.2 Å². The first-order valence-electron chi connectivity index (χ1n) is 19.2. The number of hydrogen-bond donors (Lipinski definition) is 2. The zero-order chi connectivity index (χ0) is 39.1. The number of rotatable bonds is 14. The van der Waals surface area contributed by atoms with E-state index in [1.165, 1.54) is 40.5 Å². The van der Waals surface area contributed by atoms with Gasteiger partial charge in [0.25, 0.3) is 0 Å². The van der Waals surface area contributed by atoms with Crippen LogP contribution < -0.4 is 9.47 Å². The Labute approximate surface area is 321 Å². The molecule has 54 heavy (non-hydrogen) atoms. The van der Waals surface area contributed by atoms with Crippen LogP contribution in [0.5, 0.6) is 23.0 Å². The van der Waals surface area contributed by atoms with Crippen LogP contribution in [0, 0.1) is 0 Å². The molecule has 5 rings (SSSR count). The highest BCUT2D eigenvalue weighted by Gasteiger charge is 2.41. The van der Waals surface area contributed by atoms with Crippen molar-refractivity contribution in [1.82, 2.24) is 0 Å². The van der Waals surface area contributed by atoms with Gasteiger partial charge in [0.2, 0.25) is 0 Å². The first-order chi connectivity index (χ1) is 25.7. The Morgan fingerprint density at radius 1 is 0.630 bits per heavy atom. The molecule has 0 fully saturated rings. The van der Waals surface area contributed by atoms with Crippen molar-refractivity contribution in [2.24, 2.45) is 0 Å². The van der Waals surface area contributed by atoms with Crippen LogP contribution in [0.1, 0.15) is 124 Å². The van der Waals surface area contributed by atoms with E-state index in [-0.39, 0.29) is 34.2 Å². The third-order valence-electron chi connectivity index (χ3n) is 10.2. The normalized spacial score (nSPS) is 18.3. The number of carbonyl (C=O) groups is 2. The lowest BCUT2D eigenvalue weighted by Crippen LogP contribution is -2.32. The van der Waals surface area contributed by atoms with Gasteiger partial charge in [-0.25, -0.2) is 0 Å². The molecule has 0 radical (unpaired) electrons. The van der Waals surface area contributed by atoms with Crippen LogP contribution in [0.15, 0.2) is 112 Å². The van der Waals surface area contributed by atoms with Crippen molar-refractivity contribution in [2.75, 3.05) is 0 Å². The van der Waals surface area contributed by atoms with E-state index in [1.807, 2.05) is 19.1 Å². The Hall–Kier alpha value is -5.10. The maximum Gasteiger partial charge on any atom is 0.187 e. The number of benzene rings is 2. The standard InChI is InChI=1S/C48H56O6/c1-29(2)13-9-15-31(5)17-11-19-33(7)25-42-47-40(52)28-37-44-38(50)22-23-39(51)46(44)43(26-34(8)20-12-18-32(6)16-10-14-30(3)4)54-48(37)45(47)36-27-35(49)21-24-41(36)53-42/h13-14,17-18,21-28,42-43,49,52H,9-12,15-16,19-20H2,1-8H3/b31-17+,32-18+,33-25+,34-26+. The Bertz CT molecular complexity index is 2050. The lowest BCUT2D eigenvalue weighted by atomic mass is 9.80. The molecular formula is C48H56O6. The highest BCUT2D eigenvalue weighted by atomic mass is 16.5. The highest BCUT2D eigenvalue weighted by molar-refractivity contribution is 6.37. The number of aromatic hydroxyl groups is 2. The summed E-state index contributed by atoms with van der Waals surface area (Å²) in [5.41, 5.74) is 9.89. The molecule has 2 aromatic carbocycles. The van der Waals surface area contributed by atoms with E-state index in [0.29, 0.717) is 33.8 Å². The molecule has 0 saturated heterocycles. The molecule has 0 saturated carbocycles. The summed E-state index contributed by atoms with van der Waals surface area (Å²) in [6.45, 7) is 16.9. The van der Waals surface area contributed by atoms with E-state index in [1.54, 1.807) is 18.2 Å².